The quantitative estimate of drug-likeness (QED) is 0.238. The molecule has 0 radical (unpaired) electrons. The molecule has 0 aliphatic rings. The number of carbonyl (C=O) groups excluding carboxylic acids is 1. The molecule has 0 saturated heterocycles. The van der Waals surface area contributed by atoms with Crippen molar-refractivity contribution in [2.24, 2.45) is 0 Å². The number of amides is 1. The van der Waals surface area contributed by atoms with Gasteiger partial charge >= 0.3 is 0 Å². The lowest BCUT2D eigenvalue weighted by Crippen LogP contribution is -2.31. The molecular weight excluding hydrogens is 460 g/mol. The number of carbonyl (C=O) groups is 1. The molecule has 0 unspecified atom stereocenters. The second kappa shape index (κ2) is 10.2. The summed E-state index contributed by atoms with van der Waals surface area (Å²) in [5.74, 6) is -0.0105. The zero-order valence-electron chi connectivity index (χ0n) is 18.5. The fraction of sp³-hybridized carbons (Fsp3) is 0.103. The van der Waals surface area contributed by atoms with Crippen molar-refractivity contribution in [3.05, 3.63) is 131 Å². The molecule has 5 aromatic rings. The standard InChI is InChI=1S/C29H23ClN2OS/c30-24-16-17-26-27(18-24)34-29(31-26)32(20-21-10-4-1-5-11-21)28(33)19-25(22-12-6-2-7-13-22)23-14-8-3-9-15-23/h1-18,25H,19-20H2. The third kappa shape index (κ3) is 5.04. The molecule has 5 rings (SSSR count). The summed E-state index contributed by atoms with van der Waals surface area (Å²) >= 11 is 7.70. The fourth-order valence-corrected chi connectivity index (χ4v) is 5.37. The lowest BCUT2D eigenvalue weighted by atomic mass is 9.88. The molecule has 0 atom stereocenters. The van der Waals surface area contributed by atoms with Gasteiger partial charge in [-0.1, -0.05) is 114 Å². The predicted octanol–water partition coefficient (Wildman–Crippen LogP) is 7.71. The molecular formula is C29H23ClN2OS. The van der Waals surface area contributed by atoms with Crippen molar-refractivity contribution in [3.8, 4) is 0 Å². The maximum absolute atomic E-state index is 13.9. The Morgan fingerprint density at radius 3 is 2.03 bits per heavy atom. The van der Waals surface area contributed by atoms with E-state index in [0.29, 0.717) is 23.1 Å². The number of hydrogen-bond donors (Lipinski definition) is 0. The largest absolute Gasteiger partial charge is 0.284 e. The van der Waals surface area contributed by atoms with Crippen LogP contribution in [0.1, 0.15) is 29.0 Å². The van der Waals surface area contributed by atoms with E-state index in [-0.39, 0.29) is 11.8 Å². The molecule has 1 amide bonds. The van der Waals surface area contributed by atoms with Crippen LogP contribution in [0.15, 0.2) is 109 Å². The summed E-state index contributed by atoms with van der Waals surface area (Å²) < 4.78 is 0.969. The highest BCUT2D eigenvalue weighted by Gasteiger charge is 2.25. The topological polar surface area (TPSA) is 33.2 Å². The average Bonchev–Trinajstić information content (AvgIpc) is 3.30. The van der Waals surface area contributed by atoms with Crippen molar-refractivity contribution in [3.63, 3.8) is 0 Å². The van der Waals surface area contributed by atoms with Crippen molar-refractivity contribution in [1.29, 1.82) is 0 Å². The first-order valence-electron chi connectivity index (χ1n) is 11.2. The smallest absolute Gasteiger partial charge is 0.230 e. The van der Waals surface area contributed by atoms with Crippen LogP contribution in [0.25, 0.3) is 10.2 Å². The average molecular weight is 483 g/mol. The minimum absolute atomic E-state index is 0.0340. The molecule has 0 aliphatic heterocycles. The number of hydrogen-bond acceptors (Lipinski definition) is 3. The Morgan fingerprint density at radius 1 is 0.824 bits per heavy atom. The summed E-state index contributed by atoms with van der Waals surface area (Å²) in [4.78, 5) is 20.5. The summed E-state index contributed by atoms with van der Waals surface area (Å²) in [6.45, 7) is 0.462. The van der Waals surface area contributed by atoms with Gasteiger partial charge in [0.15, 0.2) is 5.13 Å². The van der Waals surface area contributed by atoms with Gasteiger partial charge in [0.25, 0.3) is 0 Å². The van der Waals surface area contributed by atoms with E-state index < -0.39 is 0 Å². The number of thiazole rings is 1. The van der Waals surface area contributed by atoms with E-state index >= 15 is 0 Å². The molecule has 0 saturated carbocycles. The Bertz CT molecular complexity index is 1350. The zero-order valence-corrected chi connectivity index (χ0v) is 20.0. The Balaban J connectivity index is 1.52. The predicted molar refractivity (Wildman–Crippen MR) is 142 cm³/mol. The maximum Gasteiger partial charge on any atom is 0.230 e. The SMILES string of the molecule is O=C(CC(c1ccccc1)c1ccccc1)N(Cc1ccccc1)c1nc2ccc(Cl)cc2s1. The molecule has 0 spiro atoms. The van der Waals surface area contributed by atoms with Gasteiger partial charge in [0.1, 0.15) is 0 Å². The summed E-state index contributed by atoms with van der Waals surface area (Å²) in [6, 6.07) is 36.1. The molecule has 1 heterocycles. The minimum atomic E-state index is -0.0444. The third-order valence-corrected chi connectivity index (χ3v) is 7.11. The van der Waals surface area contributed by atoms with Gasteiger partial charge in [0, 0.05) is 17.4 Å². The highest BCUT2D eigenvalue weighted by Crippen LogP contribution is 2.34. The minimum Gasteiger partial charge on any atom is -0.284 e. The lowest BCUT2D eigenvalue weighted by Gasteiger charge is -2.24. The molecule has 0 aliphatic carbocycles. The van der Waals surface area contributed by atoms with Gasteiger partial charge in [0.2, 0.25) is 5.91 Å². The molecule has 168 valence electrons. The van der Waals surface area contributed by atoms with E-state index in [2.05, 4.69) is 24.3 Å². The Morgan fingerprint density at radius 2 is 1.41 bits per heavy atom. The van der Waals surface area contributed by atoms with Crippen LogP contribution < -0.4 is 4.90 Å². The summed E-state index contributed by atoms with van der Waals surface area (Å²) in [5, 5.41) is 1.35. The maximum atomic E-state index is 13.9. The molecule has 0 bridgehead atoms. The van der Waals surface area contributed by atoms with Crippen molar-refractivity contribution in [2.45, 2.75) is 18.9 Å². The number of halogens is 1. The fourth-order valence-electron chi connectivity index (χ4n) is 4.11. The van der Waals surface area contributed by atoms with E-state index in [1.165, 1.54) is 11.3 Å². The first-order chi connectivity index (χ1) is 16.7. The number of rotatable bonds is 7. The monoisotopic (exact) mass is 482 g/mol. The van der Waals surface area contributed by atoms with Crippen LogP contribution >= 0.6 is 22.9 Å². The summed E-state index contributed by atoms with van der Waals surface area (Å²) in [5.41, 5.74) is 4.15. The summed E-state index contributed by atoms with van der Waals surface area (Å²) in [6.07, 6.45) is 0.345. The second-order valence-electron chi connectivity index (χ2n) is 8.15. The van der Waals surface area contributed by atoms with Crippen LogP contribution in [0.3, 0.4) is 0 Å². The highest BCUT2D eigenvalue weighted by atomic mass is 35.5. The van der Waals surface area contributed by atoms with Gasteiger partial charge in [-0.25, -0.2) is 4.98 Å². The van der Waals surface area contributed by atoms with Gasteiger partial charge in [-0.3, -0.25) is 9.69 Å². The number of aromatic nitrogens is 1. The van der Waals surface area contributed by atoms with E-state index in [4.69, 9.17) is 16.6 Å². The van der Waals surface area contributed by atoms with Gasteiger partial charge in [-0.15, -0.1) is 0 Å². The second-order valence-corrected chi connectivity index (χ2v) is 9.60. The summed E-state index contributed by atoms with van der Waals surface area (Å²) in [7, 11) is 0. The van der Waals surface area contributed by atoms with E-state index in [1.807, 2.05) is 89.8 Å². The first kappa shape index (κ1) is 22.3. The van der Waals surface area contributed by atoms with Crippen LogP contribution in [-0.2, 0) is 11.3 Å². The normalized spacial score (nSPS) is 11.1. The lowest BCUT2D eigenvalue weighted by molar-refractivity contribution is -0.119. The number of nitrogens with zero attached hydrogens (tertiary/aromatic N) is 2. The van der Waals surface area contributed by atoms with Gasteiger partial charge in [-0.2, -0.15) is 0 Å². The molecule has 0 fully saturated rings. The number of anilines is 1. The van der Waals surface area contributed by atoms with Crippen LogP contribution in [0.5, 0.6) is 0 Å². The first-order valence-corrected chi connectivity index (χ1v) is 12.4. The van der Waals surface area contributed by atoms with Crippen LogP contribution in [0.2, 0.25) is 5.02 Å². The molecule has 34 heavy (non-hydrogen) atoms. The van der Waals surface area contributed by atoms with E-state index in [9.17, 15) is 4.79 Å². The van der Waals surface area contributed by atoms with E-state index in [1.54, 1.807) is 0 Å². The van der Waals surface area contributed by atoms with Crippen molar-refractivity contribution < 1.29 is 4.79 Å². The molecule has 5 heteroatoms. The van der Waals surface area contributed by atoms with Crippen LogP contribution in [0.4, 0.5) is 5.13 Å². The zero-order chi connectivity index (χ0) is 23.3. The third-order valence-electron chi connectivity index (χ3n) is 5.84. The number of benzene rings is 4. The van der Waals surface area contributed by atoms with Crippen LogP contribution in [-0.4, -0.2) is 10.9 Å². The molecule has 3 nitrogen and oxygen atoms in total. The molecule has 1 aromatic heterocycles. The van der Waals surface area contributed by atoms with Crippen molar-refractivity contribution in [2.75, 3.05) is 4.90 Å². The van der Waals surface area contributed by atoms with Crippen LogP contribution in [0, 0.1) is 0 Å². The van der Waals surface area contributed by atoms with Gasteiger partial charge in [-0.05, 0) is 34.9 Å². The molecule has 0 N–H and O–H groups in total. The van der Waals surface area contributed by atoms with Gasteiger partial charge in [0.05, 0.1) is 16.8 Å². The van der Waals surface area contributed by atoms with E-state index in [0.717, 1.165) is 26.9 Å². The van der Waals surface area contributed by atoms with Crippen molar-refractivity contribution in [1.82, 2.24) is 4.98 Å². The molecule has 4 aromatic carbocycles. The highest BCUT2D eigenvalue weighted by molar-refractivity contribution is 7.22. The number of fused-ring (bicyclic) bond motifs is 1. The Kier molecular flexibility index (Phi) is 6.70. The van der Waals surface area contributed by atoms with Gasteiger partial charge < -0.3 is 0 Å². The van der Waals surface area contributed by atoms with Crippen molar-refractivity contribution >= 4 is 44.2 Å². The Hall–Kier alpha value is -3.47. The Labute approximate surface area is 208 Å².